The van der Waals surface area contributed by atoms with Crippen molar-refractivity contribution in [2.75, 3.05) is 0 Å². The molecule has 0 saturated carbocycles. The van der Waals surface area contributed by atoms with Gasteiger partial charge in [0.15, 0.2) is 0 Å². The van der Waals surface area contributed by atoms with E-state index < -0.39 is 6.04 Å². The predicted octanol–water partition coefficient (Wildman–Crippen LogP) is 3.51. The number of halogens is 1. The summed E-state index contributed by atoms with van der Waals surface area (Å²) < 4.78 is 5.30. The third-order valence-electron chi connectivity index (χ3n) is 3.89. The monoisotopic (exact) mass is 344 g/mol. The molecule has 3 rings (SSSR count). The molecule has 0 fully saturated rings. The van der Waals surface area contributed by atoms with Gasteiger partial charge in [-0.2, -0.15) is 0 Å². The third kappa shape index (κ3) is 4.16. The molecule has 1 atom stereocenters. The molecule has 0 aliphatic carbocycles. The lowest BCUT2D eigenvalue weighted by Crippen LogP contribution is -2.34. The van der Waals surface area contributed by atoms with Crippen molar-refractivity contribution < 1.29 is 9.53 Å². The SMILES string of the molecule is Cc1ccc2[nH]cc(CC(N)C(=O)OCc3ccccc3)c2c1.Cl. The smallest absolute Gasteiger partial charge is 0.323 e. The van der Waals surface area contributed by atoms with Crippen LogP contribution in [-0.4, -0.2) is 17.0 Å². The maximum absolute atomic E-state index is 12.1. The molecule has 126 valence electrons. The highest BCUT2D eigenvalue weighted by atomic mass is 35.5. The number of H-pyrrole nitrogens is 1. The van der Waals surface area contributed by atoms with Crippen molar-refractivity contribution in [2.45, 2.75) is 26.0 Å². The Labute approximate surface area is 147 Å². The Morgan fingerprint density at radius 3 is 2.71 bits per heavy atom. The van der Waals surface area contributed by atoms with E-state index in [-0.39, 0.29) is 25.0 Å². The van der Waals surface area contributed by atoms with Gasteiger partial charge in [0.1, 0.15) is 12.6 Å². The summed E-state index contributed by atoms with van der Waals surface area (Å²) in [6.45, 7) is 2.30. The van der Waals surface area contributed by atoms with E-state index in [4.69, 9.17) is 10.5 Å². The number of carbonyl (C=O) groups excluding carboxylic acids is 1. The summed E-state index contributed by atoms with van der Waals surface area (Å²) >= 11 is 0. The number of aromatic amines is 1. The summed E-state index contributed by atoms with van der Waals surface area (Å²) in [5, 5.41) is 1.11. The van der Waals surface area contributed by atoms with Crippen LogP contribution in [0.4, 0.5) is 0 Å². The minimum absolute atomic E-state index is 0. The molecule has 3 N–H and O–H groups in total. The molecule has 1 heterocycles. The Kier molecular flexibility index (Phi) is 6.01. The fourth-order valence-electron chi connectivity index (χ4n) is 2.62. The van der Waals surface area contributed by atoms with Gasteiger partial charge in [0.05, 0.1) is 0 Å². The van der Waals surface area contributed by atoms with Gasteiger partial charge < -0.3 is 15.5 Å². The van der Waals surface area contributed by atoms with Crippen LogP contribution in [0.15, 0.2) is 54.7 Å². The molecule has 0 bridgehead atoms. The van der Waals surface area contributed by atoms with Crippen molar-refractivity contribution in [1.82, 2.24) is 4.98 Å². The number of hydrogen-bond donors (Lipinski definition) is 2. The molecule has 1 unspecified atom stereocenters. The van der Waals surface area contributed by atoms with E-state index in [2.05, 4.69) is 17.1 Å². The first-order valence-electron chi connectivity index (χ1n) is 7.66. The standard InChI is InChI=1S/C19H20N2O2.ClH/c1-13-7-8-18-16(9-13)15(11-21-18)10-17(20)19(22)23-12-14-5-3-2-4-6-14;/h2-9,11,17,21H,10,12,20H2,1H3;1H. The highest BCUT2D eigenvalue weighted by molar-refractivity contribution is 5.85. The van der Waals surface area contributed by atoms with E-state index in [1.165, 1.54) is 5.56 Å². The molecule has 24 heavy (non-hydrogen) atoms. The molecular formula is C19H21ClN2O2. The lowest BCUT2D eigenvalue weighted by molar-refractivity contribution is -0.146. The van der Waals surface area contributed by atoms with E-state index in [1.807, 2.05) is 49.5 Å². The Hall–Kier alpha value is -2.30. The van der Waals surface area contributed by atoms with Crippen LogP contribution in [-0.2, 0) is 22.6 Å². The predicted molar refractivity (Wildman–Crippen MR) is 98.2 cm³/mol. The summed E-state index contributed by atoms with van der Waals surface area (Å²) in [4.78, 5) is 15.3. The van der Waals surface area contributed by atoms with Crippen LogP contribution in [0, 0.1) is 6.92 Å². The number of benzene rings is 2. The number of nitrogens with one attached hydrogen (secondary N) is 1. The molecule has 5 heteroatoms. The van der Waals surface area contributed by atoms with Crippen molar-refractivity contribution in [3.63, 3.8) is 0 Å². The van der Waals surface area contributed by atoms with Gasteiger partial charge in [-0.05, 0) is 30.2 Å². The van der Waals surface area contributed by atoms with E-state index in [0.29, 0.717) is 6.42 Å². The van der Waals surface area contributed by atoms with Crippen LogP contribution in [0.1, 0.15) is 16.7 Å². The number of aromatic nitrogens is 1. The van der Waals surface area contributed by atoms with Crippen molar-refractivity contribution >= 4 is 29.3 Å². The van der Waals surface area contributed by atoms with Crippen LogP contribution >= 0.6 is 12.4 Å². The summed E-state index contributed by atoms with van der Waals surface area (Å²) in [5.74, 6) is -0.379. The molecule has 0 aliphatic rings. The van der Waals surface area contributed by atoms with Crippen LogP contribution in [0.3, 0.4) is 0 Å². The van der Waals surface area contributed by atoms with Crippen molar-refractivity contribution in [1.29, 1.82) is 0 Å². The van der Waals surface area contributed by atoms with Crippen molar-refractivity contribution in [3.05, 3.63) is 71.4 Å². The van der Waals surface area contributed by atoms with E-state index in [0.717, 1.165) is 22.0 Å². The van der Waals surface area contributed by atoms with Gasteiger partial charge in [0, 0.05) is 23.5 Å². The Morgan fingerprint density at radius 1 is 1.21 bits per heavy atom. The first-order valence-corrected chi connectivity index (χ1v) is 7.66. The first-order chi connectivity index (χ1) is 11.1. The third-order valence-corrected chi connectivity index (χ3v) is 3.89. The summed E-state index contributed by atoms with van der Waals surface area (Å²) in [7, 11) is 0. The Bertz CT molecular complexity index is 815. The second kappa shape index (κ2) is 7.99. The summed E-state index contributed by atoms with van der Waals surface area (Å²) in [5.41, 5.74) is 10.2. The fourth-order valence-corrected chi connectivity index (χ4v) is 2.62. The summed E-state index contributed by atoms with van der Waals surface area (Å²) in [6.07, 6.45) is 2.37. The van der Waals surface area contributed by atoms with Crippen LogP contribution < -0.4 is 5.73 Å². The molecule has 3 aromatic rings. The van der Waals surface area contributed by atoms with Gasteiger partial charge in [0.2, 0.25) is 0 Å². The number of carbonyl (C=O) groups is 1. The van der Waals surface area contributed by atoms with E-state index in [9.17, 15) is 4.79 Å². The number of hydrogen-bond acceptors (Lipinski definition) is 3. The van der Waals surface area contributed by atoms with Gasteiger partial charge in [0.25, 0.3) is 0 Å². The second-order valence-corrected chi connectivity index (χ2v) is 5.77. The molecule has 0 aliphatic heterocycles. The molecule has 0 radical (unpaired) electrons. The molecule has 0 amide bonds. The van der Waals surface area contributed by atoms with Crippen molar-refractivity contribution in [3.8, 4) is 0 Å². The summed E-state index contributed by atoms with van der Waals surface area (Å²) in [6, 6.07) is 15.1. The zero-order valence-electron chi connectivity index (χ0n) is 13.5. The molecule has 0 saturated heterocycles. The Balaban J connectivity index is 0.00000208. The number of esters is 1. The van der Waals surface area contributed by atoms with Crippen LogP contribution in [0.2, 0.25) is 0 Å². The maximum atomic E-state index is 12.1. The van der Waals surface area contributed by atoms with Crippen LogP contribution in [0.25, 0.3) is 10.9 Å². The number of fused-ring (bicyclic) bond motifs is 1. The molecule has 1 aromatic heterocycles. The topological polar surface area (TPSA) is 68.1 Å². The van der Waals surface area contributed by atoms with Gasteiger partial charge in [-0.3, -0.25) is 4.79 Å². The largest absolute Gasteiger partial charge is 0.460 e. The van der Waals surface area contributed by atoms with Gasteiger partial charge >= 0.3 is 5.97 Å². The lowest BCUT2D eigenvalue weighted by atomic mass is 10.0. The maximum Gasteiger partial charge on any atom is 0.323 e. The van der Waals surface area contributed by atoms with Gasteiger partial charge in [-0.15, -0.1) is 12.4 Å². The molecule has 4 nitrogen and oxygen atoms in total. The number of rotatable bonds is 5. The lowest BCUT2D eigenvalue weighted by Gasteiger charge is -2.11. The van der Waals surface area contributed by atoms with E-state index in [1.54, 1.807) is 0 Å². The average Bonchev–Trinajstić information content (AvgIpc) is 2.95. The second-order valence-electron chi connectivity index (χ2n) is 5.77. The zero-order valence-corrected chi connectivity index (χ0v) is 14.3. The van der Waals surface area contributed by atoms with Gasteiger partial charge in [-0.1, -0.05) is 42.0 Å². The zero-order chi connectivity index (χ0) is 16.2. The number of aryl methyl sites for hydroxylation is 1. The van der Waals surface area contributed by atoms with Crippen molar-refractivity contribution in [2.24, 2.45) is 5.73 Å². The normalized spacial score (nSPS) is 11.8. The quantitative estimate of drug-likeness (QED) is 0.696. The van der Waals surface area contributed by atoms with E-state index >= 15 is 0 Å². The number of ether oxygens (including phenoxy) is 1. The fraction of sp³-hybridized carbons (Fsp3) is 0.211. The van der Waals surface area contributed by atoms with Crippen LogP contribution in [0.5, 0.6) is 0 Å². The number of nitrogens with two attached hydrogens (primary N) is 1. The molecular weight excluding hydrogens is 324 g/mol. The minimum Gasteiger partial charge on any atom is -0.460 e. The van der Waals surface area contributed by atoms with Gasteiger partial charge in [-0.25, -0.2) is 0 Å². The molecule has 0 spiro atoms. The highest BCUT2D eigenvalue weighted by Gasteiger charge is 2.17. The highest BCUT2D eigenvalue weighted by Crippen LogP contribution is 2.21. The first kappa shape index (κ1) is 18.0. The average molecular weight is 345 g/mol. The molecule has 2 aromatic carbocycles. The minimum atomic E-state index is -0.668. The Morgan fingerprint density at radius 2 is 1.96 bits per heavy atom.